The lowest BCUT2D eigenvalue weighted by Crippen LogP contribution is -2.40. The highest BCUT2D eigenvalue weighted by atomic mass is 16.4. The Morgan fingerprint density at radius 2 is 2.31 bits per heavy atom. The Hall–Kier alpha value is -1.46. The van der Waals surface area contributed by atoms with Crippen LogP contribution in [0.3, 0.4) is 0 Å². The monoisotopic (exact) mass is 223 g/mol. The van der Waals surface area contributed by atoms with Gasteiger partial charge in [-0.15, -0.1) is 0 Å². The third kappa shape index (κ3) is 3.96. The lowest BCUT2D eigenvalue weighted by atomic mass is 10.2. The van der Waals surface area contributed by atoms with Crippen LogP contribution in [0, 0.1) is 6.92 Å². The first-order chi connectivity index (χ1) is 7.49. The van der Waals surface area contributed by atoms with E-state index in [1.165, 1.54) is 0 Å². The van der Waals surface area contributed by atoms with Crippen LogP contribution in [-0.2, 0) is 11.3 Å². The molecule has 1 aromatic heterocycles. The van der Waals surface area contributed by atoms with Crippen LogP contribution in [0.25, 0.3) is 0 Å². The van der Waals surface area contributed by atoms with E-state index in [1.807, 2.05) is 37.1 Å². The van der Waals surface area contributed by atoms with E-state index in [0.717, 1.165) is 11.4 Å². The number of likely N-dealkylation sites (N-methyl/N-ethyl adjacent to an activating group) is 1. The van der Waals surface area contributed by atoms with Gasteiger partial charge >= 0.3 is 5.97 Å². The van der Waals surface area contributed by atoms with E-state index >= 15 is 0 Å². The molecule has 1 rings (SSSR count). The molecule has 0 spiro atoms. The van der Waals surface area contributed by atoms with Gasteiger partial charge in [-0.05, 0) is 26.1 Å². The number of aryl methyl sites for hydroxylation is 1. The zero-order valence-corrected chi connectivity index (χ0v) is 9.55. The van der Waals surface area contributed by atoms with Crippen LogP contribution in [0.5, 0.6) is 0 Å². The quantitative estimate of drug-likeness (QED) is 0.747. The maximum absolute atomic E-state index is 10.6. The fourth-order valence-corrected chi connectivity index (χ4v) is 1.44. The van der Waals surface area contributed by atoms with Crippen molar-refractivity contribution in [2.24, 2.45) is 5.73 Å². The number of carboxylic acid groups (broad SMARTS) is 1. The molecule has 1 atom stereocenters. The second-order valence-corrected chi connectivity index (χ2v) is 3.91. The number of rotatable bonds is 5. The van der Waals surface area contributed by atoms with Gasteiger partial charge in [0.05, 0.1) is 5.69 Å². The van der Waals surface area contributed by atoms with Gasteiger partial charge in [0.15, 0.2) is 0 Å². The third-order valence-electron chi connectivity index (χ3n) is 2.20. The van der Waals surface area contributed by atoms with Crippen molar-refractivity contribution >= 4 is 5.97 Å². The second kappa shape index (κ2) is 5.58. The van der Waals surface area contributed by atoms with Crippen molar-refractivity contribution in [1.29, 1.82) is 0 Å². The lowest BCUT2D eigenvalue weighted by Gasteiger charge is -2.18. The summed E-state index contributed by atoms with van der Waals surface area (Å²) in [4.78, 5) is 16.8. The molecule has 3 N–H and O–H groups in total. The molecule has 1 aromatic rings. The van der Waals surface area contributed by atoms with E-state index in [0.29, 0.717) is 13.1 Å². The van der Waals surface area contributed by atoms with Gasteiger partial charge < -0.3 is 10.8 Å². The van der Waals surface area contributed by atoms with Crippen molar-refractivity contribution in [2.45, 2.75) is 19.5 Å². The van der Waals surface area contributed by atoms with E-state index in [1.54, 1.807) is 0 Å². The number of carboxylic acids is 1. The van der Waals surface area contributed by atoms with E-state index < -0.39 is 12.0 Å². The SMILES string of the molecule is Cc1cccc(CN(C)CC(N)C(=O)O)n1. The zero-order valence-electron chi connectivity index (χ0n) is 9.55. The molecule has 0 aliphatic carbocycles. The van der Waals surface area contributed by atoms with Crippen molar-refractivity contribution in [1.82, 2.24) is 9.88 Å². The Morgan fingerprint density at radius 1 is 1.62 bits per heavy atom. The smallest absolute Gasteiger partial charge is 0.321 e. The summed E-state index contributed by atoms with van der Waals surface area (Å²) in [5, 5.41) is 8.67. The topological polar surface area (TPSA) is 79.5 Å². The Kier molecular flexibility index (Phi) is 4.39. The predicted molar refractivity (Wildman–Crippen MR) is 60.9 cm³/mol. The second-order valence-electron chi connectivity index (χ2n) is 3.91. The average molecular weight is 223 g/mol. The highest BCUT2D eigenvalue weighted by molar-refractivity contribution is 5.73. The van der Waals surface area contributed by atoms with Gasteiger partial charge in [0.2, 0.25) is 0 Å². The Morgan fingerprint density at radius 3 is 2.88 bits per heavy atom. The van der Waals surface area contributed by atoms with Crippen LogP contribution >= 0.6 is 0 Å². The summed E-state index contributed by atoms with van der Waals surface area (Å²) in [6, 6.07) is 4.92. The molecule has 16 heavy (non-hydrogen) atoms. The summed E-state index contributed by atoms with van der Waals surface area (Å²) in [5.41, 5.74) is 7.31. The molecule has 0 saturated heterocycles. The number of hydrogen-bond donors (Lipinski definition) is 2. The Balaban J connectivity index is 2.51. The molecule has 88 valence electrons. The van der Waals surface area contributed by atoms with Gasteiger partial charge in [-0.2, -0.15) is 0 Å². The van der Waals surface area contributed by atoms with Crippen LogP contribution in [0.2, 0.25) is 0 Å². The molecule has 0 aromatic carbocycles. The van der Waals surface area contributed by atoms with Crippen molar-refractivity contribution < 1.29 is 9.90 Å². The highest BCUT2D eigenvalue weighted by Gasteiger charge is 2.14. The predicted octanol–water partition coefficient (Wildman–Crippen LogP) is 0.234. The molecule has 0 saturated carbocycles. The molecule has 1 heterocycles. The zero-order chi connectivity index (χ0) is 12.1. The van der Waals surface area contributed by atoms with Crippen molar-refractivity contribution in [2.75, 3.05) is 13.6 Å². The number of aromatic nitrogens is 1. The van der Waals surface area contributed by atoms with Crippen LogP contribution in [0.4, 0.5) is 0 Å². The number of nitrogens with zero attached hydrogens (tertiary/aromatic N) is 2. The molecule has 0 fully saturated rings. The van der Waals surface area contributed by atoms with Gasteiger partial charge in [0.1, 0.15) is 6.04 Å². The minimum atomic E-state index is -0.982. The maximum Gasteiger partial charge on any atom is 0.321 e. The summed E-state index contributed by atoms with van der Waals surface area (Å²) >= 11 is 0. The van der Waals surface area contributed by atoms with Gasteiger partial charge in [-0.1, -0.05) is 6.07 Å². The van der Waals surface area contributed by atoms with E-state index in [2.05, 4.69) is 4.98 Å². The Labute approximate surface area is 94.9 Å². The fourth-order valence-electron chi connectivity index (χ4n) is 1.44. The Bertz CT molecular complexity index is 368. The molecular formula is C11H17N3O2. The number of nitrogens with two attached hydrogens (primary N) is 1. The molecule has 5 nitrogen and oxygen atoms in total. The molecule has 5 heteroatoms. The summed E-state index contributed by atoms with van der Waals surface area (Å²) in [7, 11) is 1.83. The van der Waals surface area contributed by atoms with Crippen LogP contribution in [0.1, 0.15) is 11.4 Å². The van der Waals surface area contributed by atoms with Crippen LogP contribution in [0.15, 0.2) is 18.2 Å². The largest absolute Gasteiger partial charge is 0.480 e. The first-order valence-corrected chi connectivity index (χ1v) is 5.08. The molecule has 0 bridgehead atoms. The summed E-state index contributed by atoms with van der Waals surface area (Å²) in [6.45, 7) is 2.83. The number of pyridine rings is 1. The molecule has 0 amide bonds. The van der Waals surface area contributed by atoms with Gasteiger partial charge in [-0.25, -0.2) is 0 Å². The van der Waals surface area contributed by atoms with Gasteiger partial charge in [0, 0.05) is 18.8 Å². The summed E-state index contributed by atoms with van der Waals surface area (Å²) in [6.07, 6.45) is 0. The van der Waals surface area contributed by atoms with Crippen LogP contribution in [-0.4, -0.2) is 40.6 Å². The first kappa shape index (κ1) is 12.6. The molecular weight excluding hydrogens is 206 g/mol. The number of hydrogen-bond acceptors (Lipinski definition) is 4. The fraction of sp³-hybridized carbons (Fsp3) is 0.455. The van der Waals surface area contributed by atoms with Crippen LogP contribution < -0.4 is 5.73 Å². The first-order valence-electron chi connectivity index (χ1n) is 5.08. The summed E-state index contributed by atoms with van der Waals surface area (Å²) in [5.74, 6) is -0.982. The average Bonchev–Trinajstić information content (AvgIpc) is 2.16. The normalized spacial score (nSPS) is 12.8. The molecule has 0 radical (unpaired) electrons. The minimum Gasteiger partial charge on any atom is -0.480 e. The number of carbonyl (C=O) groups is 1. The standard InChI is InChI=1S/C11H17N3O2/c1-8-4-3-5-9(13-8)6-14(2)7-10(12)11(15)16/h3-5,10H,6-7,12H2,1-2H3,(H,15,16). The van der Waals surface area contributed by atoms with E-state index in [-0.39, 0.29) is 0 Å². The van der Waals surface area contributed by atoms with E-state index in [9.17, 15) is 4.79 Å². The molecule has 0 aliphatic heterocycles. The molecule has 0 aliphatic rings. The minimum absolute atomic E-state index is 0.310. The number of aliphatic carboxylic acids is 1. The van der Waals surface area contributed by atoms with Gasteiger partial charge in [0.25, 0.3) is 0 Å². The van der Waals surface area contributed by atoms with Gasteiger partial charge in [-0.3, -0.25) is 14.7 Å². The van der Waals surface area contributed by atoms with E-state index in [4.69, 9.17) is 10.8 Å². The van der Waals surface area contributed by atoms with Crippen molar-refractivity contribution in [3.05, 3.63) is 29.6 Å². The molecule has 1 unspecified atom stereocenters. The lowest BCUT2D eigenvalue weighted by molar-refractivity contribution is -0.138. The highest BCUT2D eigenvalue weighted by Crippen LogP contribution is 2.02. The van der Waals surface area contributed by atoms with Crippen molar-refractivity contribution in [3.8, 4) is 0 Å². The summed E-state index contributed by atoms with van der Waals surface area (Å²) < 4.78 is 0. The third-order valence-corrected chi connectivity index (χ3v) is 2.20. The van der Waals surface area contributed by atoms with Crippen molar-refractivity contribution in [3.63, 3.8) is 0 Å². The maximum atomic E-state index is 10.6.